The van der Waals surface area contributed by atoms with E-state index in [1.165, 1.54) is 18.1 Å². The van der Waals surface area contributed by atoms with Crippen molar-refractivity contribution in [2.24, 2.45) is 0 Å². The van der Waals surface area contributed by atoms with E-state index < -0.39 is 5.63 Å². The molecule has 0 saturated carbocycles. The quantitative estimate of drug-likeness (QED) is 0.590. The van der Waals surface area contributed by atoms with E-state index in [1.54, 1.807) is 18.2 Å². The minimum atomic E-state index is -0.546. The van der Waals surface area contributed by atoms with Crippen molar-refractivity contribution in [1.29, 1.82) is 10.5 Å². The Labute approximate surface area is 133 Å². The Hall–Kier alpha value is -3.11. The molecule has 1 aromatic carbocycles. The van der Waals surface area contributed by atoms with Gasteiger partial charge >= 0.3 is 5.63 Å². The van der Waals surface area contributed by atoms with Gasteiger partial charge in [0.15, 0.2) is 0 Å². The van der Waals surface area contributed by atoms with Crippen LogP contribution in [0.25, 0.3) is 23.1 Å². The first-order valence-corrected chi connectivity index (χ1v) is 7.50. The molecule has 3 rings (SSSR count). The number of rotatable bonds is 1. The number of allylic oxidation sites excluding steroid dienone is 2. The van der Waals surface area contributed by atoms with Gasteiger partial charge in [0.1, 0.15) is 23.3 Å². The van der Waals surface area contributed by atoms with Crippen LogP contribution in [0.1, 0.15) is 36.0 Å². The SMILES string of the molecule is N#CC(C#N)=Cc1cc2cc3c(cc2oc1=O)/C=C\CCCC3. The minimum Gasteiger partial charge on any atom is -0.422 e. The largest absolute Gasteiger partial charge is 0.422 e. The van der Waals surface area contributed by atoms with Gasteiger partial charge in [0.2, 0.25) is 0 Å². The topological polar surface area (TPSA) is 77.8 Å². The molecule has 0 unspecified atom stereocenters. The van der Waals surface area contributed by atoms with E-state index >= 15 is 0 Å². The van der Waals surface area contributed by atoms with Crippen LogP contribution in [0, 0.1) is 22.7 Å². The molecule has 0 saturated heterocycles. The van der Waals surface area contributed by atoms with Crippen LogP contribution < -0.4 is 5.63 Å². The van der Waals surface area contributed by atoms with Crippen molar-refractivity contribution >= 4 is 23.1 Å². The molecule has 112 valence electrons. The smallest absolute Gasteiger partial charge is 0.343 e. The summed E-state index contributed by atoms with van der Waals surface area (Å²) in [6.45, 7) is 0. The van der Waals surface area contributed by atoms with Gasteiger partial charge in [-0.3, -0.25) is 0 Å². The van der Waals surface area contributed by atoms with Gasteiger partial charge in [-0.05, 0) is 61.1 Å². The van der Waals surface area contributed by atoms with Crippen LogP contribution in [0.2, 0.25) is 0 Å². The molecule has 0 N–H and O–H groups in total. The average Bonchev–Trinajstić information content (AvgIpc) is 2.53. The molecule has 1 aliphatic carbocycles. The van der Waals surface area contributed by atoms with Crippen LogP contribution in [0.15, 0.2) is 39.1 Å². The van der Waals surface area contributed by atoms with Gasteiger partial charge in [-0.15, -0.1) is 0 Å². The molecular weight excluding hydrogens is 288 g/mol. The number of hydrogen-bond donors (Lipinski definition) is 0. The highest BCUT2D eigenvalue weighted by Gasteiger charge is 2.10. The lowest BCUT2D eigenvalue weighted by Gasteiger charge is -2.10. The minimum absolute atomic E-state index is 0.120. The van der Waals surface area contributed by atoms with E-state index in [4.69, 9.17) is 14.9 Å². The Bertz CT molecular complexity index is 950. The third-order valence-corrected chi connectivity index (χ3v) is 3.93. The van der Waals surface area contributed by atoms with Crippen molar-refractivity contribution in [3.63, 3.8) is 0 Å². The van der Waals surface area contributed by atoms with E-state index in [2.05, 4.69) is 12.2 Å². The molecular formula is C19H14N2O2. The van der Waals surface area contributed by atoms with E-state index in [0.29, 0.717) is 5.58 Å². The highest BCUT2D eigenvalue weighted by molar-refractivity contribution is 5.83. The van der Waals surface area contributed by atoms with Crippen LogP contribution in [0.3, 0.4) is 0 Å². The molecule has 0 bridgehead atoms. The maximum absolute atomic E-state index is 12.0. The van der Waals surface area contributed by atoms with Crippen molar-refractivity contribution in [3.05, 3.63) is 57.0 Å². The van der Waals surface area contributed by atoms with Crippen molar-refractivity contribution in [1.82, 2.24) is 0 Å². The molecule has 4 heteroatoms. The molecule has 1 aliphatic rings. The molecule has 1 heterocycles. The fourth-order valence-corrected chi connectivity index (χ4v) is 2.75. The second-order valence-electron chi connectivity index (χ2n) is 5.51. The lowest BCUT2D eigenvalue weighted by atomic mass is 9.96. The number of benzene rings is 1. The number of nitriles is 2. The molecule has 0 fully saturated rings. The van der Waals surface area contributed by atoms with E-state index in [0.717, 1.165) is 30.2 Å². The molecule has 2 aromatic rings. The third kappa shape index (κ3) is 3.07. The van der Waals surface area contributed by atoms with Gasteiger partial charge in [0.05, 0.1) is 5.56 Å². The predicted octanol–water partition coefficient (Wildman–Crippen LogP) is 3.96. The highest BCUT2D eigenvalue weighted by atomic mass is 16.4. The highest BCUT2D eigenvalue weighted by Crippen LogP contribution is 2.25. The van der Waals surface area contributed by atoms with E-state index in [-0.39, 0.29) is 11.1 Å². The van der Waals surface area contributed by atoms with Crippen molar-refractivity contribution < 1.29 is 4.42 Å². The predicted molar refractivity (Wildman–Crippen MR) is 88.3 cm³/mol. The first-order chi connectivity index (χ1) is 11.2. The summed E-state index contributed by atoms with van der Waals surface area (Å²) in [5.74, 6) is 0. The Kier molecular flexibility index (Phi) is 4.08. The summed E-state index contributed by atoms with van der Waals surface area (Å²) >= 11 is 0. The zero-order valence-corrected chi connectivity index (χ0v) is 12.5. The zero-order chi connectivity index (χ0) is 16.2. The maximum atomic E-state index is 12.0. The molecule has 23 heavy (non-hydrogen) atoms. The molecule has 0 aliphatic heterocycles. The van der Waals surface area contributed by atoms with Gasteiger partial charge < -0.3 is 4.42 Å². The first-order valence-electron chi connectivity index (χ1n) is 7.50. The Morgan fingerprint density at radius 2 is 2.00 bits per heavy atom. The van der Waals surface area contributed by atoms with Crippen LogP contribution in [-0.2, 0) is 6.42 Å². The van der Waals surface area contributed by atoms with Crippen LogP contribution in [0.5, 0.6) is 0 Å². The third-order valence-electron chi connectivity index (χ3n) is 3.93. The number of nitrogens with zero attached hydrogens (tertiary/aromatic N) is 2. The van der Waals surface area contributed by atoms with E-state index in [1.807, 2.05) is 12.1 Å². The molecule has 4 nitrogen and oxygen atoms in total. The molecule has 0 spiro atoms. The van der Waals surface area contributed by atoms with Crippen molar-refractivity contribution in [3.8, 4) is 12.1 Å². The monoisotopic (exact) mass is 302 g/mol. The van der Waals surface area contributed by atoms with Gasteiger partial charge in [0, 0.05) is 5.39 Å². The van der Waals surface area contributed by atoms with Gasteiger partial charge in [-0.25, -0.2) is 4.79 Å². The Balaban J connectivity index is 2.19. The molecule has 0 radical (unpaired) electrons. The van der Waals surface area contributed by atoms with Crippen molar-refractivity contribution in [2.75, 3.05) is 0 Å². The van der Waals surface area contributed by atoms with Crippen LogP contribution in [-0.4, -0.2) is 0 Å². The summed E-state index contributed by atoms with van der Waals surface area (Å²) < 4.78 is 5.37. The fraction of sp³-hybridized carbons (Fsp3) is 0.211. The summed E-state index contributed by atoms with van der Waals surface area (Å²) in [5.41, 5.74) is 2.38. The number of fused-ring (bicyclic) bond motifs is 2. The van der Waals surface area contributed by atoms with Crippen molar-refractivity contribution in [2.45, 2.75) is 25.7 Å². The molecule has 0 amide bonds. The lowest BCUT2D eigenvalue weighted by Crippen LogP contribution is -2.04. The zero-order valence-electron chi connectivity index (χ0n) is 12.5. The van der Waals surface area contributed by atoms with Gasteiger partial charge in [-0.2, -0.15) is 10.5 Å². The van der Waals surface area contributed by atoms with E-state index in [9.17, 15) is 4.79 Å². The summed E-state index contributed by atoms with van der Waals surface area (Å²) in [6.07, 6.45) is 9.83. The summed E-state index contributed by atoms with van der Waals surface area (Å²) in [5, 5.41) is 18.5. The second-order valence-corrected chi connectivity index (χ2v) is 5.51. The van der Waals surface area contributed by atoms with Crippen LogP contribution in [0.4, 0.5) is 0 Å². The standard InChI is InChI=1S/C19H14N2O2/c20-11-13(12-21)7-17-9-16-8-14-5-3-1-2-4-6-15(14)10-18(16)23-19(17)22/h4,6-10H,1-3,5H2/b6-4-. The second kappa shape index (κ2) is 6.34. The summed E-state index contributed by atoms with van der Waals surface area (Å²) in [4.78, 5) is 12.0. The molecule has 0 atom stereocenters. The Morgan fingerprint density at radius 3 is 2.78 bits per heavy atom. The summed E-state index contributed by atoms with van der Waals surface area (Å²) in [7, 11) is 0. The van der Waals surface area contributed by atoms with Gasteiger partial charge in [0.25, 0.3) is 0 Å². The fourth-order valence-electron chi connectivity index (χ4n) is 2.75. The number of aryl methyl sites for hydroxylation is 1. The van der Waals surface area contributed by atoms with Gasteiger partial charge in [-0.1, -0.05) is 12.2 Å². The number of hydrogen-bond acceptors (Lipinski definition) is 4. The summed E-state index contributed by atoms with van der Waals surface area (Å²) in [6, 6.07) is 9.09. The Morgan fingerprint density at radius 1 is 1.17 bits per heavy atom. The first kappa shape index (κ1) is 14.8. The molecule has 1 aromatic heterocycles. The maximum Gasteiger partial charge on any atom is 0.343 e. The van der Waals surface area contributed by atoms with Crippen LogP contribution >= 0.6 is 0 Å². The normalized spacial score (nSPS) is 14.7. The average molecular weight is 302 g/mol. The lowest BCUT2D eigenvalue weighted by molar-refractivity contribution is 0.559.